The monoisotopic (exact) mass is 121 g/mol. The standard InChI is InChI=1S/C5H13NO.H2O/c1-6(2)4-3-5-7;/h7H,3-5H2,1-2H3;1H2. The Morgan fingerprint density at radius 1 is 1.38 bits per heavy atom. The Labute approximate surface area is 50.2 Å². The molecule has 0 aliphatic carbocycles. The maximum Gasteiger partial charge on any atom is 0.0443 e. The van der Waals surface area contributed by atoms with Crippen LogP contribution in [0.4, 0.5) is 0 Å². The molecule has 0 rings (SSSR count). The van der Waals surface area contributed by atoms with Crippen molar-refractivity contribution in [3.63, 3.8) is 0 Å². The molecule has 0 saturated carbocycles. The van der Waals surface area contributed by atoms with Gasteiger partial charge in [-0.15, -0.1) is 0 Å². The van der Waals surface area contributed by atoms with Crippen molar-refractivity contribution in [2.45, 2.75) is 6.42 Å². The minimum absolute atomic E-state index is 0. The number of hydrogen-bond donors (Lipinski definition) is 1. The third-order valence-corrected chi connectivity index (χ3v) is 0.763. The number of hydrogen-bond acceptors (Lipinski definition) is 2. The molecular weight excluding hydrogens is 106 g/mol. The second kappa shape index (κ2) is 6.88. The van der Waals surface area contributed by atoms with Gasteiger partial charge in [-0.1, -0.05) is 0 Å². The summed E-state index contributed by atoms with van der Waals surface area (Å²) in [6.45, 7) is 1.29. The van der Waals surface area contributed by atoms with Gasteiger partial charge in [0.25, 0.3) is 0 Å². The van der Waals surface area contributed by atoms with Crippen molar-refractivity contribution >= 4 is 0 Å². The summed E-state index contributed by atoms with van der Waals surface area (Å²) < 4.78 is 0. The molecule has 3 nitrogen and oxygen atoms in total. The van der Waals surface area contributed by atoms with Gasteiger partial charge in [-0.25, -0.2) is 0 Å². The van der Waals surface area contributed by atoms with E-state index in [1.54, 1.807) is 0 Å². The molecule has 52 valence electrons. The van der Waals surface area contributed by atoms with E-state index in [0.29, 0.717) is 6.61 Å². The number of aliphatic hydroxyl groups excluding tert-OH is 1. The lowest BCUT2D eigenvalue weighted by atomic mass is 10.4. The first-order valence-electron chi connectivity index (χ1n) is 2.53. The second-order valence-electron chi connectivity index (χ2n) is 1.88. The van der Waals surface area contributed by atoms with Gasteiger partial charge in [-0.3, -0.25) is 0 Å². The van der Waals surface area contributed by atoms with Crippen LogP contribution in [0.15, 0.2) is 0 Å². The lowest BCUT2D eigenvalue weighted by molar-refractivity contribution is 0.263. The molecule has 0 aromatic rings. The molecule has 0 aliphatic heterocycles. The Kier molecular flexibility index (Phi) is 9.28. The van der Waals surface area contributed by atoms with Crippen LogP contribution in [-0.4, -0.2) is 42.7 Å². The van der Waals surface area contributed by atoms with E-state index in [-0.39, 0.29) is 5.48 Å². The Balaban J connectivity index is 0. The largest absolute Gasteiger partial charge is 0.412 e. The number of nitrogens with zero attached hydrogens (tertiary/aromatic N) is 1. The molecule has 0 aromatic heterocycles. The van der Waals surface area contributed by atoms with E-state index < -0.39 is 0 Å². The smallest absolute Gasteiger partial charge is 0.0443 e. The van der Waals surface area contributed by atoms with E-state index in [4.69, 9.17) is 5.11 Å². The first-order chi connectivity index (χ1) is 3.27. The molecule has 0 spiro atoms. The van der Waals surface area contributed by atoms with Crippen molar-refractivity contribution in [1.82, 2.24) is 4.90 Å². The highest BCUT2D eigenvalue weighted by Gasteiger charge is 1.84. The lowest BCUT2D eigenvalue weighted by Gasteiger charge is -2.05. The molecule has 0 saturated heterocycles. The van der Waals surface area contributed by atoms with E-state index >= 15 is 0 Å². The number of aliphatic hydroxyl groups is 1. The molecule has 3 N–H and O–H groups in total. The fraction of sp³-hybridized carbons (Fsp3) is 1.00. The molecule has 0 bridgehead atoms. The second-order valence-corrected chi connectivity index (χ2v) is 1.88. The summed E-state index contributed by atoms with van der Waals surface area (Å²) in [4.78, 5) is 2.05. The predicted molar refractivity (Wildman–Crippen MR) is 33.9 cm³/mol. The van der Waals surface area contributed by atoms with Crippen LogP contribution in [0.1, 0.15) is 6.42 Å². The predicted octanol–water partition coefficient (Wildman–Crippen LogP) is -0.894. The van der Waals surface area contributed by atoms with Gasteiger partial charge >= 0.3 is 0 Å². The van der Waals surface area contributed by atoms with E-state index in [1.165, 1.54) is 0 Å². The molecule has 0 unspecified atom stereocenters. The van der Waals surface area contributed by atoms with Crippen molar-refractivity contribution in [2.75, 3.05) is 27.2 Å². The van der Waals surface area contributed by atoms with E-state index in [2.05, 4.69) is 4.90 Å². The van der Waals surface area contributed by atoms with Crippen molar-refractivity contribution in [3.05, 3.63) is 0 Å². The van der Waals surface area contributed by atoms with Crippen molar-refractivity contribution in [1.29, 1.82) is 0 Å². The minimum atomic E-state index is 0. The summed E-state index contributed by atoms with van der Waals surface area (Å²) in [6, 6.07) is 0. The van der Waals surface area contributed by atoms with Crippen molar-refractivity contribution in [3.8, 4) is 0 Å². The Bertz CT molecular complexity index is 39.4. The lowest BCUT2D eigenvalue weighted by Crippen LogP contribution is -2.13. The van der Waals surface area contributed by atoms with Crippen LogP contribution in [0.5, 0.6) is 0 Å². The zero-order chi connectivity index (χ0) is 5.70. The SMILES string of the molecule is CN(C)CCCO.O. The zero-order valence-corrected chi connectivity index (χ0v) is 5.52. The highest BCUT2D eigenvalue weighted by molar-refractivity contribution is 4.39. The normalized spacial score (nSPS) is 9.00. The summed E-state index contributed by atoms with van der Waals surface area (Å²) >= 11 is 0. The molecule has 0 radical (unpaired) electrons. The molecular formula is C5H15NO2. The van der Waals surface area contributed by atoms with Gasteiger partial charge in [0.2, 0.25) is 0 Å². The third-order valence-electron chi connectivity index (χ3n) is 0.763. The Morgan fingerprint density at radius 3 is 2.00 bits per heavy atom. The van der Waals surface area contributed by atoms with E-state index in [0.717, 1.165) is 13.0 Å². The summed E-state index contributed by atoms with van der Waals surface area (Å²) in [5.74, 6) is 0. The fourth-order valence-electron chi connectivity index (χ4n) is 0.387. The highest BCUT2D eigenvalue weighted by Crippen LogP contribution is 1.77. The van der Waals surface area contributed by atoms with Gasteiger partial charge < -0.3 is 15.5 Å². The Hall–Kier alpha value is -0.120. The van der Waals surface area contributed by atoms with E-state index in [1.807, 2.05) is 14.1 Å². The molecule has 3 heteroatoms. The average molecular weight is 121 g/mol. The summed E-state index contributed by atoms with van der Waals surface area (Å²) in [5, 5.41) is 8.29. The van der Waals surface area contributed by atoms with Gasteiger partial charge in [0, 0.05) is 6.61 Å². The topological polar surface area (TPSA) is 55.0 Å². The van der Waals surface area contributed by atoms with Crippen LogP contribution in [0, 0.1) is 0 Å². The van der Waals surface area contributed by atoms with Gasteiger partial charge in [-0.05, 0) is 27.1 Å². The van der Waals surface area contributed by atoms with Crippen molar-refractivity contribution in [2.24, 2.45) is 0 Å². The van der Waals surface area contributed by atoms with Gasteiger partial charge in [0.05, 0.1) is 0 Å². The first kappa shape index (κ1) is 10.8. The van der Waals surface area contributed by atoms with Crippen molar-refractivity contribution < 1.29 is 10.6 Å². The summed E-state index contributed by atoms with van der Waals surface area (Å²) in [6.07, 6.45) is 0.882. The van der Waals surface area contributed by atoms with Crippen LogP contribution >= 0.6 is 0 Å². The highest BCUT2D eigenvalue weighted by atomic mass is 16.3. The molecule has 0 atom stereocenters. The minimum Gasteiger partial charge on any atom is -0.412 e. The molecule has 0 aliphatic rings. The van der Waals surface area contributed by atoms with Crippen LogP contribution in [0.3, 0.4) is 0 Å². The maximum absolute atomic E-state index is 8.29. The fourth-order valence-corrected chi connectivity index (χ4v) is 0.387. The van der Waals surface area contributed by atoms with Crippen LogP contribution in [0.25, 0.3) is 0 Å². The molecule has 0 amide bonds. The van der Waals surface area contributed by atoms with Gasteiger partial charge in [0.1, 0.15) is 0 Å². The Morgan fingerprint density at radius 2 is 1.88 bits per heavy atom. The average Bonchev–Trinajstić information content (AvgIpc) is 1.61. The summed E-state index contributed by atoms with van der Waals surface area (Å²) in [7, 11) is 3.99. The van der Waals surface area contributed by atoms with E-state index in [9.17, 15) is 0 Å². The van der Waals surface area contributed by atoms with Crippen LogP contribution in [-0.2, 0) is 0 Å². The quantitative estimate of drug-likeness (QED) is 0.526. The summed E-state index contributed by atoms with van der Waals surface area (Å²) in [5.41, 5.74) is 0. The zero-order valence-electron chi connectivity index (χ0n) is 5.52. The number of rotatable bonds is 3. The third kappa shape index (κ3) is 9.30. The van der Waals surface area contributed by atoms with Crippen LogP contribution in [0.2, 0.25) is 0 Å². The molecule has 0 heterocycles. The molecule has 8 heavy (non-hydrogen) atoms. The van der Waals surface area contributed by atoms with Crippen LogP contribution < -0.4 is 0 Å². The molecule has 0 fully saturated rings. The van der Waals surface area contributed by atoms with Gasteiger partial charge in [0.15, 0.2) is 0 Å². The maximum atomic E-state index is 8.29. The first-order valence-corrected chi connectivity index (χ1v) is 2.53. The van der Waals surface area contributed by atoms with Gasteiger partial charge in [-0.2, -0.15) is 0 Å². The molecule has 0 aromatic carbocycles.